The van der Waals surface area contributed by atoms with Crippen molar-refractivity contribution >= 4 is 0 Å². The highest BCUT2D eigenvalue weighted by Gasteiger charge is 2.67. The topological polar surface area (TPSA) is 0 Å². The van der Waals surface area contributed by atoms with Crippen molar-refractivity contribution in [3.63, 3.8) is 0 Å². The third-order valence-corrected chi connectivity index (χ3v) is 4.12. The second-order valence-corrected chi connectivity index (χ2v) is 4.84. The van der Waals surface area contributed by atoms with Crippen molar-refractivity contribution in [2.75, 3.05) is 0 Å². The summed E-state index contributed by atoms with van der Waals surface area (Å²) < 4.78 is 38.0. The lowest BCUT2D eigenvalue weighted by Gasteiger charge is -2.61. The van der Waals surface area contributed by atoms with Crippen molar-refractivity contribution in [3.05, 3.63) is 0 Å². The Labute approximate surface area is 76.5 Å². The van der Waals surface area contributed by atoms with Gasteiger partial charge in [0.15, 0.2) is 0 Å². The summed E-state index contributed by atoms with van der Waals surface area (Å²) in [5.74, 6) is 0. The predicted octanol–water partition coefficient (Wildman–Crippen LogP) is 3.91. The number of rotatable bonds is 1. The van der Waals surface area contributed by atoms with Crippen LogP contribution in [0.5, 0.6) is 0 Å². The molecular weight excluding hydrogens is 177 g/mol. The molecule has 2 saturated carbocycles. The first-order valence-electron chi connectivity index (χ1n) is 5.00. The van der Waals surface area contributed by atoms with E-state index in [1.807, 2.05) is 0 Å². The van der Waals surface area contributed by atoms with Crippen LogP contribution in [0, 0.1) is 10.8 Å². The molecule has 3 heteroatoms. The molecule has 2 fully saturated rings. The standard InChI is InChI=1S/C10H15F3/c1-2-9(10(11,12)13)6-8(7-9)4-3-5-8/h2-7H2,1H3. The Hall–Kier alpha value is -0.210. The summed E-state index contributed by atoms with van der Waals surface area (Å²) in [5, 5.41) is 0. The van der Waals surface area contributed by atoms with E-state index in [1.165, 1.54) is 0 Å². The van der Waals surface area contributed by atoms with Gasteiger partial charge in [0, 0.05) is 0 Å². The maximum atomic E-state index is 12.7. The first-order valence-corrected chi connectivity index (χ1v) is 5.00. The lowest BCUT2D eigenvalue weighted by atomic mass is 9.44. The van der Waals surface area contributed by atoms with E-state index in [0.29, 0.717) is 12.8 Å². The molecule has 0 bridgehead atoms. The molecule has 2 aliphatic carbocycles. The largest absolute Gasteiger partial charge is 0.394 e. The second kappa shape index (κ2) is 2.43. The van der Waals surface area contributed by atoms with Gasteiger partial charge in [-0.3, -0.25) is 0 Å². The molecule has 0 N–H and O–H groups in total. The molecule has 13 heavy (non-hydrogen) atoms. The van der Waals surface area contributed by atoms with Crippen LogP contribution in [0.4, 0.5) is 13.2 Å². The lowest BCUT2D eigenvalue weighted by molar-refractivity contribution is -0.295. The molecule has 0 aliphatic heterocycles. The lowest BCUT2D eigenvalue weighted by Crippen LogP contribution is -2.57. The highest BCUT2D eigenvalue weighted by atomic mass is 19.4. The molecule has 0 heterocycles. The van der Waals surface area contributed by atoms with Crippen molar-refractivity contribution in [1.82, 2.24) is 0 Å². The number of alkyl halides is 3. The van der Waals surface area contributed by atoms with E-state index in [4.69, 9.17) is 0 Å². The Bertz CT molecular complexity index is 205. The van der Waals surface area contributed by atoms with Crippen LogP contribution in [0.15, 0.2) is 0 Å². The zero-order chi connectivity index (χ0) is 9.74. The van der Waals surface area contributed by atoms with Gasteiger partial charge in [0.1, 0.15) is 0 Å². The summed E-state index contributed by atoms with van der Waals surface area (Å²) in [5.41, 5.74) is -1.20. The van der Waals surface area contributed by atoms with Gasteiger partial charge in [-0.05, 0) is 37.5 Å². The Balaban J connectivity index is 2.06. The molecule has 0 atom stereocenters. The summed E-state index contributed by atoms with van der Waals surface area (Å²) in [6.07, 6.45) is 0.300. The van der Waals surface area contributed by atoms with Gasteiger partial charge >= 0.3 is 6.18 Å². The molecule has 1 spiro atoms. The molecule has 2 rings (SSSR count). The predicted molar refractivity (Wildman–Crippen MR) is 44.3 cm³/mol. The highest BCUT2D eigenvalue weighted by Crippen LogP contribution is 2.70. The SMILES string of the molecule is CCC1(C(F)(F)F)CC2(CCC2)C1. The van der Waals surface area contributed by atoms with Crippen LogP contribution >= 0.6 is 0 Å². The van der Waals surface area contributed by atoms with Crippen LogP contribution in [0.25, 0.3) is 0 Å². The van der Waals surface area contributed by atoms with Crippen molar-refractivity contribution in [2.45, 2.75) is 51.6 Å². The molecule has 0 aromatic carbocycles. The smallest absolute Gasteiger partial charge is 0.171 e. The Morgan fingerprint density at radius 3 is 1.92 bits per heavy atom. The van der Waals surface area contributed by atoms with Crippen LogP contribution in [0.2, 0.25) is 0 Å². The van der Waals surface area contributed by atoms with Gasteiger partial charge in [0.2, 0.25) is 0 Å². The van der Waals surface area contributed by atoms with Crippen LogP contribution in [-0.4, -0.2) is 6.18 Å². The minimum Gasteiger partial charge on any atom is -0.171 e. The van der Waals surface area contributed by atoms with Gasteiger partial charge in [-0.15, -0.1) is 0 Å². The molecule has 0 nitrogen and oxygen atoms in total. The van der Waals surface area contributed by atoms with Crippen molar-refractivity contribution in [3.8, 4) is 0 Å². The van der Waals surface area contributed by atoms with Gasteiger partial charge in [0.05, 0.1) is 5.41 Å². The summed E-state index contributed by atoms with van der Waals surface area (Å²) in [4.78, 5) is 0. The van der Waals surface area contributed by atoms with E-state index in [2.05, 4.69) is 0 Å². The van der Waals surface area contributed by atoms with Crippen molar-refractivity contribution in [2.24, 2.45) is 10.8 Å². The first kappa shape index (κ1) is 9.35. The zero-order valence-electron chi connectivity index (χ0n) is 7.88. The Morgan fingerprint density at radius 2 is 1.69 bits per heavy atom. The number of hydrogen-bond acceptors (Lipinski definition) is 0. The van der Waals surface area contributed by atoms with E-state index in [1.54, 1.807) is 6.92 Å². The van der Waals surface area contributed by atoms with Crippen LogP contribution in [-0.2, 0) is 0 Å². The molecule has 0 unspecified atom stereocenters. The minimum absolute atomic E-state index is 0.117. The highest BCUT2D eigenvalue weighted by molar-refractivity contribution is 5.09. The number of hydrogen-bond donors (Lipinski definition) is 0. The zero-order valence-corrected chi connectivity index (χ0v) is 7.88. The molecule has 0 amide bonds. The molecule has 0 saturated heterocycles. The van der Waals surface area contributed by atoms with E-state index in [9.17, 15) is 13.2 Å². The van der Waals surface area contributed by atoms with Crippen molar-refractivity contribution in [1.29, 1.82) is 0 Å². The fraction of sp³-hybridized carbons (Fsp3) is 1.00. The van der Waals surface area contributed by atoms with Crippen LogP contribution in [0.1, 0.15) is 45.4 Å². The normalized spacial score (nSPS) is 29.5. The van der Waals surface area contributed by atoms with Crippen LogP contribution < -0.4 is 0 Å². The summed E-state index contributed by atoms with van der Waals surface area (Å²) in [6, 6.07) is 0. The molecule has 0 radical (unpaired) electrons. The maximum Gasteiger partial charge on any atom is 0.394 e. The van der Waals surface area contributed by atoms with Gasteiger partial charge in [-0.25, -0.2) is 0 Å². The van der Waals surface area contributed by atoms with Gasteiger partial charge in [-0.1, -0.05) is 13.3 Å². The Kier molecular flexibility index (Phi) is 1.74. The van der Waals surface area contributed by atoms with Gasteiger partial charge < -0.3 is 0 Å². The van der Waals surface area contributed by atoms with E-state index < -0.39 is 11.6 Å². The molecule has 2 aliphatic rings. The third-order valence-electron chi connectivity index (χ3n) is 4.12. The average Bonchev–Trinajstić information content (AvgIpc) is 1.79. The summed E-state index contributed by atoms with van der Waals surface area (Å²) in [6.45, 7) is 1.67. The quantitative estimate of drug-likeness (QED) is 0.591. The van der Waals surface area contributed by atoms with Crippen LogP contribution in [0.3, 0.4) is 0 Å². The van der Waals surface area contributed by atoms with Gasteiger partial charge in [0.25, 0.3) is 0 Å². The minimum atomic E-state index is -3.97. The molecular formula is C10H15F3. The molecule has 76 valence electrons. The fourth-order valence-corrected chi connectivity index (χ4v) is 3.07. The maximum absolute atomic E-state index is 12.7. The first-order chi connectivity index (χ1) is 5.93. The monoisotopic (exact) mass is 192 g/mol. The van der Waals surface area contributed by atoms with Gasteiger partial charge in [-0.2, -0.15) is 13.2 Å². The van der Waals surface area contributed by atoms with E-state index in [-0.39, 0.29) is 11.8 Å². The van der Waals surface area contributed by atoms with E-state index in [0.717, 1.165) is 19.3 Å². The molecule has 0 aromatic heterocycles. The number of halogens is 3. The fourth-order valence-electron chi connectivity index (χ4n) is 3.07. The third kappa shape index (κ3) is 1.12. The Morgan fingerprint density at radius 1 is 1.15 bits per heavy atom. The second-order valence-electron chi connectivity index (χ2n) is 4.84. The van der Waals surface area contributed by atoms with E-state index >= 15 is 0 Å². The van der Waals surface area contributed by atoms with Crippen molar-refractivity contribution < 1.29 is 13.2 Å². The molecule has 0 aromatic rings. The summed E-state index contributed by atoms with van der Waals surface area (Å²) >= 11 is 0. The average molecular weight is 192 g/mol. The summed E-state index contributed by atoms with van der Waals surface area (Å²) in [7, 11) is 0.